The van der Waals surface area contributed by atoms with Crippen molar-refractivity contribution in [2.24, 2.45) is 5.73 Å². The summed E-state index contributed by atoms with van der Waals surface area (Å²) in [5.74, 6) is 0.139. The Kier molecular flexibility index (Phi) is 4.30. The lowest BCUT2D eigenvalue weighted by Crippen LogP contribution is -2.25. The Bertz CT molecular complexity index is 305. The fraction of sp³-hybridized carbons (Fsp3) is 0.400. The summed E-state index contributed by atoms with van der Waals surface area (Å²) in [6, 6.07) is 6.39. The molecule has 1 atom stereocenters. The molecule has 0 amide bonds. The first-order chi connectivity index (χ1) is 7.08. The molecule has 84 valence electrons. The lowest BCUT2D eigenvalue weighted by Gasteiger charge is -2.10. The first-order valence-electron chi connectivity index (χ1n) is 4.62. The number of hydrogen-bond acceptors (Lipinski definition) is 3. The molecule has 0 fully saturated rings. The number of alkyl halides is 2. The third-order valence-electron chi connectivity index (χ3n) is 1.69. The number of ether oxygens (including phenoxy) is 1. The first-order valence-corrected chi connectivity index (χ1v) is 4.62. The van der Waals surface area contributed by atoms with Crippen molar-refractivity contribution in [1.82, 2.24) is 0 Å². The van der Waals surface area contributed by atoms with Crippen LogP contribution in [0.1, 0.15) is 6.92 Å². The maximum Gasteiger partial charge on any atom is 0.387 e. The van der Waals surface area contributed by atoms with E-state index in [0.717, 1.165) is 0 Å². The quantitative estimate of drug-likeness (QED) is 0.791. The summed E-state index contributed by atoms with van der Waals surface area (Å²) in [6.07, 6.45) is 0. The van der Waals surface area contributed by atoms with E-state index in [4.69, 9.17) is 5.73 Å². The molecule has 0 aliphatic rings. The van der Waals surface area contributed by atoms with Gasteiger partial charge in [0.2, 0.25) is 0 Å². The predicted molar refractivity (Wildman–Crippen MR) is 55.2 cm³/mol. The van der Waals surface area contributed by atoms with Gasteiger partial charge in [0.25, 0.3) is 0 Å². The monoisotopic (exact) mass is 216 g/mol. The van der Waals surface area contributed by atoms with Crippen LogP contribution in [-0.2, 0) is 0 Å². The summed E-state index contributed by atoms with van der Waals surface area (Å²) in [5, 5.41) is 3.01. The molecular weight excluding hydrogens is 202 g/mol. The van der Waals surface area contributed by atoms with E-state index in [2.05, 4.69) is 10.1 Å². The van der Waals surface area contributed by atoms with E-state index in [9.17, 15) is 8.78 Å². The smallest absolute Gasteiger partial charge is 0.387 e. The Morgan fingerprint density at radius 3 is 2.80 bits per heavy atom. The number of nitrogens with one attached hydrogen (secondary N) is 1. The van der Waals surface area contributed by atoms with Crippen LogP contribution in [0.3, 0.4) is 0 Å². The van der Waals surface area contributed by atoms with E-state index in [1.807, 2.05) is 6.92 Å². The van der Waals surface area contributed by atoms with Gasteiger partial charge in [-0.05, 0) is 19.1 Å². The minimum absolute atomic E-state index is 0.00433. The Balaban J connectivity index is 2.57. The van der Waals surface area contributed by atoms with Gasteiger partial charge in [0.1, 0.15) is 5.75 Å². The summed E-state index contributed by atoms with van der Waals surface area (Å²) in [4.78, 5) is 0. The topological polar surface area (TPSA) is 47.3 Å². The fourth-order valence-electron chi connectivity index (χ4n) is 1.06. The zero-order chi connectivity index (χ0) is 11.3. The highest BCUT2D eigenvalue weighted by Gasteiger charge is 2.04. The maximum atomic E-state index is 11.9. The molecule has 15 heavy (non-hydrogen) atoms. The summed E-state index contributed by atoms with van der Waals surface area (Å²) >= 11 is 0. The molecule has 0 aliphatic heterocycles. The van der Waals surface area contributed by atoms with Crippen molar-refractivity contribution in [3.05, 3.63) is 24.3 Å². The zero-order valence-electron chi connectivity index (χ0n) is 8.41. The van der Waals surface area contributed by atoms with E-state index < -0.39 is 6.61 Å². The molecule has 1 rings (SSSR count). The van der Waals surface area contributed by atoms with Crippen LogP contribution in [0.15, 0.2) is 24.3 Å². The van der Waals surface area contributed by atoms with E-state index >= 15 is 0 Å². The summed E-state index contributed by atoms with van der Waals surface area (Å²) in [7, 11) is 0. The minimum atomic E-state index is -2.80. The zero-order valence-corrected chi connectivity index (χ0v) is 8.41. The van der Waals surface area contributed by atoms with Crippen molar-refractivity contribution in [2.45, 2.75) is 19.6 Å². The summed E-state index contributed by atoms with van der Waals surface area (Å²) in [5.41, 5.74) is 6.26. The molecule has 0 spiro atoms. The highest BCUT2D eigenvalue weighted by Crippen LogP contribution is 2.18. The first kappa shape index (κ1) is 11.7. The van der Waals surface area contributed by atoms with Gasteiger partial charge in [-0.3, -0.25) is 0 Å². The molecule has 3 nitrogen and oxygen atoms in total. The number of anilines is 1. The highest BCUT2D eigenvalue weighted by molar-refractivity contribution is 5.48. The Labute approximate surface area is 87.2 Å². The van der Waals surface area contributed by atoms with Crippen LogP contribution in [0.5, 0.6) is 5.75 Å². The molecular formula is C10H14F2N2O. The maximum absolute atomic E-state index is 11.9. The van der Waals surface area contributed by atoms with Crippen LogP contribution >= 0.6 is 0 Å². The van der Waals surface area contributed by atoms with Gasteiger partial charge in [-0.15, -0.1) is 0 Å². The SMILES string of the molecule is CC(N)CNc1cccc(OC(F)F)c1. The third-order valence-corrected chi connectivity index (χ3v) is 1.69. The van der Waals surface area contributed by atoms with Gasteiger partial charge in [0, 0.05) is 24.3 Å². The van der Waals surface area contributed by atoms with Gasteiger partial charge in [0.05, 0.1) is 0 Å². The normalized spacial score (nSPS) is 12.6. The lowest BCUT2D eigenvalue weighted by molar-refractivity contribution is -0.0498. The molecule has 1 aromatic carbocycles. The van der Waals surface area contributed by atoms with Gasteiger partial charge in [-0.25, -0.2) is 0 Å². The van der Waals surface area contributed by atoms with Crippen molar-refractivity contribution >= 4 is 5.69 Å². The van der Waals surface area contributed by atoms with Gasteiger partial charge in [0.15, 0.2) is 0 Å². The second-order valence-corrected chi connectivity index (χ2v) is 3.26. The number of nitrogens with two attached hydrogens (primary N) is 1. The number of hydrogen-bond donors (Lipinski definition) is 2. The van der Waals surface area contributed by atoms with Crippen molar-refractivity contribution in [2.75, 3.05) is 11.9 Å². The molecule has 0 aromatic heterocycles. The van der Waals surface area contributed by atoms with Crippen molar-refractivity contribution in [1.29, 1.82) is 0 Å². The van der Waals surface area contributed by atoms with Gasteiger partial charge in [-0.2, -0.15) is 8.78 Å². The van der Waals surface area contributed by atoms with Crippen LogP contribution < -0.4 is 15.8 Å². The molecule has 0 saturated carbocycles. The van der Waals surface area contributed by atoms with Crippen LogP contribution in [0.25, 0.3) is 0 Å². The molecule has 0 heterocycles. The molecule has 3 N–H and O–H groups in total. The summed E-state index contributed by atoms with van der Waals surface area (Å²) < 4.78 is 28.1. The van der Waals surface area contributed by atoms with E-state index in [0.29, 0.717) is 12.2 Å². The van der Waals surface area contributed by atoms with Crippen LogP contribution in [0, 0.1) is 0 Å². The standard InChI is InChI=1S/C10H14F2N2O/c1-7(13)6-14-8-3-2-4-9(5-8)15-10(11)12/h2-5,7,10,14H,6,13H2,1H3. The Morgan fingerprint density at radius 1 is 1.47 bits per heavy atom. The average molecular weight is 216 g/mol. The molecule has 0 radical (unpaired) electrons. The molecule has 1 aromatic rings. The Hall–Kier alpha value is -1.36. The van der Waals surface area contributed by atoms with E-state index in [1.54, 1.807) is 12.1 Å². The second kappa shape index (κ2) is 5.50. The highest BCUT2D eigenvalue weighted by atomic mass is 19.3. The average Bonchev–Trinajstić information content (AvgIpc) is 2.14. The second-order valence-electron chi connectivity index (χ2n) is 3.26. The van der Waals surface area contributed by atoms with Gasteiger partial charge < -0.3 is 15.8 Å². The molecule has 1 unspecified atom stereocenters. The number of benzene rings is 1. The molecule has 0 aliphatic carbocycles. The van der Waals surface area contributed by atoms with Crippen LogP contribution in [-0.4, -0.2) is 19.2 Å². The number of rotatable bonds is 5. The number of halogens is 2. The molecule has 5 heteroatoms. The van der Waals surface area contributed by atoms with Gasteiger partial charge >= 0.3 is 6.61 Å². The lowest BCUT2D eigenvalue weighted by atomic mass is 10.3. The van der Waals surface area contributed by atoms with E-state index in [-0.39, 0.29) is 11.8 Å². The van der Waals surface area contributed by atoms with Crippen molar-refractivity contribution in [3.63, 3.8) is 0 Å². The molecule has 0 saturated heterocycles. The largest absolute Gasteiger partial charge is 0.435 e. The predicted octanol–water partition coefficient (Wildman–Crippen LogP) is 2.05. The fourth-order valence-corrected chi connectivity index (χ4v) is 1.06. The van der Waals surface area contributed by atoms with Crippen molar-refractivity contribution in [3.8, 4) is 5.75 Å². The summed E-state index contributed by atoms with van der Waals surface area (Å²) in [6.45, 7) is -0.362. The molecule has 0 bridgehead atoms. The van der Waals surface area contributed by atoms with E-state index in [1.165, 1.54) is 12.1 Å². The van der Waals surface area contributed by atoms with Gasteiger partial charge in [-0.1, -0.05) is 6.07 Å². The van der Waals surface area contributed by atoms with Crippen LogP contribution in [0.2, 0.25) is 0 Å². The third kappa shape index (κ3) is 4.60. The minimum Gasteiger partial charge on any atom is -0.435 e. The van der Waals surface area contributed by atoms with Crippen LogP contribution in [0.4, 0.5) is 14.5 Å². The Morgan fingerprint density at radius 2 is 2.20 bits per heavy atom. The van der Waals surface area contributed by atoms with Crippen molar-refractivity contribution < 1.29 is 13.5 Å².